The quantitative estimate of drug-likeness (QED) is 0.814. The van der Waals surface area contributed by atoms with Gasteiger partial charge in [0.05, 0.1) is 0 Å². The summed E-state index contributed by atoms with van der Waals surface area (Å²) in [5.74, 6) is 0.908. The van der Waals surface area contributed by atoms with Crippen LogP contribution in [0.3, 0.4) is 0 Å². The molecule has 2 heteroatoms. The summed E-state index contributed by atoms with van der Waals surface area (Å²) in [5.41, 5.74) is 8.58. The van der Waals surface area contributed by atoms with Gasteiger partial charge in [0.15, 0.2) is 0 Å². The van der Waals surface area contributed by atoms with Gasteiger partial charge in [0.2, 0.25) is 0 Å². The third-order valence-corrected chi connectivity index (χ3v) is 4.64. The highest BCUT2D eigenvalue weighted by Crippen LogP contribution is 2.30. The van der Waals surface area contributed by atoms with Gasteiger partial charge in [0.25, 0.3) is 0 Å². The molecule has 0 amide bonds. The Kier molecular flexibility index (Phi) is 5.08. The van der Waals surface area contributed by atoms with E-state index < -0.39 is 0 Å². The Labute approximate surface area is 116 Å². The number of hydrogen-bond donors (Lipinski definition) is 1. The van der Waals surface area contributed by atoms with Crippen molar-refractivity contribution in [2.24, 2.45) is 11.7 Å². The van der Waals surface area contributed by atoms with Gasteiger partial charge in [-0.15, -0.1) is 0 Å². The molecular formula is C16H24ClN. The monoisotopic (exact) mass is 265 g/mol. The first-order valence-corrected chi connectivity index (χ1v) is 7.56. The van der Waals surface area contributed by atoms with Crippen LogP contribution in [0.15, 0.2) is 18.2 Å². The molecule has 1 aromatic carbocycles. The van der Waals surface area contributed by atoms with E-state index in [9.17, 15) is 0 Å². The normalized spacial score (nSPS) is 18.8. The van der Waals surface area contributed by atoms with E-state index in [0.717, 1.165) is 22.9 Å². The van der Waals surface area contributed by atoms with Crippen molar-refractivity contribution in [1.82, 2.24) is 0 Å². The first-order chi connectivity index (χ1) is 8.66. The highest BCUT2D eigenvalue weighted by atomic mass is 35.5. The van der Waals surface area contributed by atoms with E-state index in [1.165, 1.54) is 44.1 Å². The van der Waals surface area contributed by atoms with Crippen molar-refractivity contribution in [2.45, 2.75) is 57.9 Å². The van der Waals surface area contributed by atoms with Gasteiger partial charge in [-0.25, -0.2) is 0 Å². The first-order valence-electron chi connectivity index (χ1n) is 7.18. The molecule has 0 saturated heterocycles. The molecule has 2 rings (SSSR count). The number of rotatable bonds is 4. The van der Waals surface area contributed by atoms with Crippen LogP contribution in [0.5, 0.6) is 0 Å². The molecule has 100 valence electrons. The molecule has 0 aromatic heterocycles. The number of benzene rings is 1. The van der Waals surface area contributed by atoms with Crippen molar-refractivity contribution >= 4 is 11.6 Å². The lowest BCUT2D eigenvalue weighted by Gasteiger charge is -2.23. The summed E-state index contributed by atoms with van der Waals surface area (Å²) in [6, 6.07) is 6.36. The average molecular weight is 266 g/mol. The second-order valence-electron chi connectivity index (χ2n) is 5.70. The Bertz CT molecular complexity index is 383. The molecule has 1 atom stereocenters. The Balaban J connectivity index is 1.86. The van der Waals surface area contributed by atoms with Crippen LogP contribution in [0.4, 0.5) is 0 Å². The Morgan fingerprint density at radius 3 is 2.67 bits per heavy atom. The largest absolute Gasteiger partial charge is 0.324 e. The third kappa shape index (κ3) is 3.73. The fourth-order valence-electron chi connectivity index (χ4n) is 2.90. The van der Waals surface area contributed by atoms with E-state index in [1.54, 1.807) is 0 Å². The second-order valence-corrected chi connectivity index (χ2v) is 6.10. The Morgan fingerprint density at radius 2 is 2.00 bits per heavy atom. The molecule has 2 N–H and O–H groups in total. The average Bonchev–Trinajstić information content (AvgIpc) is 2.40. The summed E-state index contributed by atoms with van der Waals surface area (Å²) in [4.78, 5) is 0. The molecule has 1 fully saturated rings. The Morgan fingerprint density at radius 1 is 1.28 bits per heavy atom. The van der Waals surface area contributed by atoms with Crippen LogP contribution in [-0.2, 0) is 0 Å². The maximum Gasteiger partial charge on any atom is 0.0438 e. The number of hydrogen-bond acceptors (Lipinski definition) is 1. The van der Waals surface area contributed by atoms with Gasteiger partial charge < -0.3 is 5.73 Å². The van der Waals surface area contributed by atoms with Crippen molar-refractivity contribution in [1.29, 1.82) is 0 Å². The van der Waals surface area contributed by atoms with Crippen molar-refractivity contribution in [2.75, 3.05) is 0 Å². The van der Waals surface area contributed by atoms with Gasteiger partial charge in [0.1, 0.15) is 0 Å². The van der Waals surface area contributed by atoms with Crippen molar-refractivity contribution in [3.8, 4) is 0 Å². The molecule has 18 heavy (non-hydrogen) atoms. The van der Waals surface area contributed by atoms with Crippen molar-refractivity contribution in [3.05, 3.63) is 34.3 Å². The summed E-state index contributed by atoms with van der Waals surface area (Å²) in [5, 5.41) is 0.834. The van der Waals surface area contributed by atoms with Crippen molar-refractivity contribution in [3.63, 3.8) is 0 Å². The molecular weight excluding hydrogens is 242 g/mol. The summed E-state index contributed by atoms with van der Waals surface area (Å²) >= 11 is 6.15. The van der Waals surface area contributed by atoms with Gasteiger partial charge in [-0.2, -0.15) is 0 Å². The zero-order valence-corrected chi connectivity index (χ0v) is 12.0. The highest BCUT2D eigenvalue weighted by molar-refractivity contribution is 6.31. The van der Waals surface area contributed by atoms with E-state index in [1.807, 2.05) is 13.0 Å². The van der Waals surface area contributed by atoms with E-state index in [-0.39, 0.29) is 6.04 Å². The molecule has 0 aliphatic heterocycles. The third-order valence-electron chi connectivity index (χ3n) is 4.23. The summed E-state index contributed by atoms with van der Waals surface area (Å²) < 4.78 is 0. The van der Waals surface area contributed by atoms with Gasteiger partial charge in [-0.3, -0.25) is 0 Å². The maximum absolute atomic E-state index is 6.27. The summed E-state index contributed by atoms with van der Waals surface area (Å²) in [7, 11) is 0. The first kappa shape index (κ1) is 13.9. The molecule has 0 bridgehead atoms. The van der Waals surface area contributed by atoms with Crippen LogP contribution in [0, 0.1) is 12.8 Å². The second kappa shape index (κ2) is 6.58. The van der Waals surface area contributed by atoms with Crippen LogP contribution < -0.4 is 5.73 Å². The van der Waals surface area contributed by atoms with Gasteiger partial charge in [0, 0.05) is 11.1 Å². The van der Waals surface area contributed by atoms with Crippen LogP contribution in [-0.4, -0.2) is 0 Å². The highest BCUT2D eigenvalue weighted by Gasteiger charge is 2.15. The van der Waals surface area contributed by atoms with Crippen LogP contribution >= 0.6 is 11.6 Å². The van der Waals surface area contributed by atoms with Gasteiger partial charge in [-0.05, 0) is 42.9 Å². The van der Waals surface area contributed by atoms with E-state index in [2.05, 4.69) is 12.1 Å². The molecule has 1 aliphatic carbocycles. The minimum absolute atomic E-state index is 0.144. The topological polar surface area (TPSA) is 26.0 Å². The summed E-state index contributed by atoms with van der Waals surface area (Å²) in [6.07, 6.45) is 9.42. The van der Waals surface area contributed by atoms with E-state index >= 15 is 0 Å². The van der Waals surface area contributed by atoms with E-state index in [4.69, 9.17) is 17.3 Å². The minimum Gasteiger partial charge on any atom is -0.324 e. The minimum atomic E-state index is 0.144. The zero-order chi connectivity index (χ0) is 13.0. The molecule has 1 saturated carbocycles. The SMILES string of the molecule is Cc1ccc(C(N)CCC2CCCCC2)cc1Cl. The summed E-state index contributed by atoms with van der Waals surface area (Å²) in [6.45, 7) is 2.03. The number of nitrogens with two attached hydrogens (primary N) is 1. The molecule has 1 nitrogen and oxygen atoms in total. The fourth-order valence-corrected chi connectivity index (χ4v) is 3.09. The number of aryl methyl sites for hydroxylation is 1. The molecule has 0 radical (unpaired) electrons. The molecule has 1 aliphatic rings. The predicted octanol–water partition coefficient (Wildman–Crippen LogP) is 5.01. The molecule has 1 aromatic rings. The fraction of sp³-hybridized carbons (Fsp3) is 0.625. The van der Waals surface area contributed by atoms with Crippen LogP contribution in [0.1, 0.15) is 62.1 Å². The smallest absolute Gasteiger partial charge is 0.0438 e. The lowest BCUT2D eigenvalue weighted by molar-refractivity contribution is 0.324. The van der Waals surface area contributed by atoms with Crippen molar-refractivity contribution < 1.29 is 0 Å². The number of halogens is 1. The predicted molar refractivity (Wildman–Crippen MR) is 78.9 cm³/mol. The standard InChI is InChI=1S/C16H24ClN/c1-12-7-9-14(11-15(12)17)16(18)10-8-13-5-3-2-4-6-13/h7,9,11,13,16H,2-6,8,10,18H2,1H3. The van der Waals surface area contributed by atoms with Crippen LogP contribution in [0.2, 0.25) is 5.02 Å². The maximum atomic E-state index is 6.27. The van der Waals surface area contributed by atoms with Gasteiger partial charge >= 0.3 is 0 Å². The molecule has 0 heterocycles. The lowest BCUT2D eigenvalue weighted by Crippen LogP contribution is -2.14. The zero-order valence-electron chi connectivity index (χ0n) is 11.3. The van der Waals surface area contributed by atoms with Crippen LogP contribution in [0.25, 0.3) is 0 Å². The Hall–Kier alpha value is -0.530. The molecule has 0 spiro atoms. The van der Waals surface area contributed by atoms with Gasteiger partial charge in [-0.1, -0.05) is 55.8 Å². The lowest BCUT2D eigenvalue weighted by atomic mass is 9.84. The van der Waals surface area contributed by atoms with E-state index in [0.29, 0.717) is 0 Å². The molecule has 1 unspecified atom stereocenters.